The van der Waals surface area contributed by atoms with Crippen LogP contribution in [0.4, 0.5) is 4.39 Å². The number of carbonyl (C=O) groups is 2. The van der Waals surface area contributed by atoms with Crippen LogP contribution in [-0.2, 0) is 4.79 Å². The lowest BCUT2D eigenvalue weighted by atomic mass is 9.98. The van der Waals surface area contributed by atoms with Crippen molar-refractivity contribution in [3.8, 4) is 5.69 Å². The zero-order chi connectivity index (χ0) is 16.4. The second kappa shape index (κ2) is 6.20. The first-order chi connectivity index (χ1) is 11.0. The number of rotatable bonds is 3. The van der Waals surface area contributed by atoms with Gasteiger partial charge in [0.1, 0.15) is 5.82 Å². The Kier molecular flexibility index (Phi) is 4.10. The van der Waals surface area contributed by atoms with E-state index in [9.17, 15) is 14.0 Å². The fourth-order valence-corrected chi connectivity index (χ4v) is 2.73. The van der Waals surface area contributed by atoms with Gasteiger partial charge < -0.3 is 10.0 Å². The SMILES string of the molecule is O=C(O)[C@@H]1CCCN(C(=O)c2ccn(-c3cccc(F)c3)n2)C1. The van der Waals surface area contributed by atoms with Crippen LogP contribution in [0.1, 0.15) is 23.3 Å². The zero-order valence-corrected chi connectivity index (χ0v) is 12.4. The Balaban J connectivity index is 1.77. The minimum atomic E-state index is -0.882. The second-order valence-corrected chi connectivity index (χ2v) is 5.55. The number of hydrogen-bond donors (Lipinski definition) is 1. The predicted molar refractivity (Wildman–Crippen MR) is 79.8 cm³/mol. The van der Waals surface area contributed by atoms with E-state index in [1.165, 1.54) is 21.7 Å². The maximum atomic E-state index is 13.3. The third-order valence-electron chi connectivity index (χ3n) is 3.94. The molecule has 2 aromatic rings. The van der Waals surface area contributed by atoms with Crippen molar-refractivity contribution < 1.29 is 19.1 Å². The van der Waals surface area contributed by atoms with E-state index in [0.717, 1.165) is 0 Å². The summed E-state index contributed by atoms with van der Waals surface area (Å²) in [6.07, 6.45) is 2.82. The first-order valence-corrected chi connectivity index (χ1v) is 7.38. The van der Waals surface area contributed by atoms with Gasteiger partial charge in [-0.2, -0.15) is 5.10 Å². The predicted octanol–water partition coefficient (Wildman–Crippen LogP) is 1.95. The molecule has 0 aliphatic carbocycles. The molecule has 0 saturated carbocycles. The molecule has 3 rings (SSSR count). The van der Waals surface area contributed by atoms with Crippen LogP contribution in [0.15, 0.2) is 36.5 Å². The average Bonchev–Trinajstić information content (AvgIpc) is 3.04. The number of hydrogen-bond acceptors (Lipinski definition) is 3. The Labute approximate surface area is 132 Å². The Morgan fingerprint density at radius 1 is 1.30 bits per heavy atom. The van der Waals surface area contributed by atoms with E-state index >= 15 is 0 Å². The number of carboxylic acids is 1. The highest BCUT2D eigenvalue weighted by Gasteiger charge is 2.29. The zero-order valence-electron chi connectivity index (χ0n) is 12.4. The van der Waals surface area contributed by atoms with Gasteiger partial charge in [0.2, 0.25) is 0 Å². The summed E-state index contributed by atoms with van der Waals surface area (Å²) in [5.74, 6) is -2.09. The quantitative estimate of drug-likeness (QED) is 0.939. The van der Waals surface area contributed by atoms with Crippen molar-refractivity contribution in [2.75, 3.05) is 13.1 Å². The summed E-state index contributed by atoms with van der Waals surface area (Å²) in [5, 5.41) is 13.3. The second-order valence-electron chi connectivity index (χ2n) is 5.55. The molecule has 0 spiro atoms. The lowest BCUT2D eigenvalue weighted by molar-refractivity contribution is -0.143. The summed E-state index contributed by atoms with van der Waals surface area (Å²) in [4.78, 5) is 25.1. The third-order valence-corrected chi connectivity index (χ3v) is 3.94. The molecule has 0 bridgehead atoms. The van der Waals surface area contributed by atoms with E-state index in [2.05, 4.69) is 5.10 Å². The number of aromatic nitrogens is 2. The third kappa shape index (κ3) is 3.23. The van der Waals surface area contributed by atoms with Crippen LogP contribution in [0.5, 0.6) is 0 Å². The molecule has 1 fully saturated rings. The Morgan fingerprint density at radius 2 is 2.13 bits per heavy atom. The molecule has 1 amide bonds. The van der Waals surface area contributed by atoms with Gasteiger partial charge in [-0.15, -0.1) is 0 Å². The first kappa shape index (κ1) is 15.2. The van der Waals surface area contributed by atoms with Crippen molar-refractivity contribution >= 4 is 11.9 Å². The topological polar surface area (TPSA) is 75.4 Å². The summed E-state index contributed by atoms with van der Waals surface area (Å²) < 4.78 is 14.7. The highest BCUT2D eigenvalue weighted by molar-refractivity contribution is 5.92. The standard InChI is InChI=1S/C16H16FN3O3/c17-12-4-1-5-13(9-12)20-8-6-14(18-20)15(21)19-7-2-3-11(10-19)16(22)23/h1,4-6,8-9,11H,2-3,7,10H2,(H,22,23)/t11-/m1/s1. The van der Waals surface area contributed by atoms with E-state index in [4.69, 9.17) is 5.11 Å². The van der Waals surface area contributed by atoms with Crippen LogP contribution >= 0.6 is 0 Å². The monoisotopic (exact) mass is 317 g/mol. The molecule has 6 nitrogen and oxygen atoms in total. The maximum absolute atomic E-state index is 13.3. The van der Waals surface area contributed by atoms with Crippen molar-refractivity contribution in [2.24, 2.45) is 5.92 Å². The van der Waals surface area contributed by atoms with Crippen molar-refractivity contribution in [1.82, 2.24) is 14.7 Å². The van der Waals surface area contributed by atoms with E-state index in [-0.39, 0.29) is 24.0 Å². The van der Waals surface area contributed by atoms with Gasteiger partial charge in [0.05, 0.1) is 11.6 Å². The van der Waals surface area contributed by atoms with Gasteiger partial charge in [-0.05, 0) is 37.1 Å². The molecule has 0 unspecified atom stereocenters. The summed E-state index contributed by atoms with van der Waals surface area (Å²) in [7, 11) is 0. The molecule has 1 aromatic heterocycles. The van der Waals surface area contributed by atoms with Crippen molar-refractivity contribution in [1.29, 1.82) is 0 Å². The first-order valence-electron chi connectivity index (χ1n) is 7.38. The number of benzene rings is 1. The van der Waals surface area contributed by atoms with Gasteiger partial charge in [-0.1, -0.05) is 6.07 Å². The van der Waals surface area contributed by atoms with E-state index in [1.807, 2.05) is 0 Å². The highest BCUT2D eigenvalue weighted by atomic mass is 19.1. The van der Waals surface area contributed by atoms with Gasteiger partial charge >= 0.3 is 5.97 Å². The highest BCUT2D eigenvalue weighted by Crippen LogP contribution is 2.19. The van der Waals surface area contributed by atoms with Crippen LogP contribution in [0, 0.1) is 11.7 Å². The number of halogens is 1. The number of carbonyl (C=O) groups excluding carboxylic acids is 1. The van der Waals surface area contributed by atoms with Crippen LogP contribution in [-0.4, -0.2) is 44.8 Å². The molecular weight excluding hydrogens is 301 g/mol. The number of carboxylic acid groups (broad SMARTS) is 1. The van der Waals surface area contributed by atoms with E-state index in [0.29, 0.717) is 25.1 Å². The van der Waals surface area contributed by atoms with Gasteiger partial charge in [-0.3, -0.25) is 9.59 Å². The van der Waals surface area contributed by atoms with E-state index in [1.54, 1.807) is 24.4 Å². The fourth-order valence-electron chi connectivity index (χ4n) is 2.73. The van der Waals surface area contributed by atoms with Crippen LogP contribution in [0.25, 0.3) is 5.69 Å². The minimum absolute atomic E-state index is 0.195. The summed E-state index contributed by atoms with van der Waals surface area (Å²) >= 11 is 0. The molecule has 23 heavy (non-hydrogen) atoms. The Bertz CT molecular complexity index is 744. The normalized spacial score (nSPS) is 18.0. The molecular formula is C16H16FN3O3. The molecule has 120 valence electrons. The number of piperidine rings is 1. The minimum Gasteiger partial charge on any atom is -0.481 e. The molecule has 1 N–H and O–H groups in total. The van der Waals surface area contributed by atoms with Crippen molar-refractivity contribution in [2.45, 2.75) is 12.8 Å². The summed E-state index contributed by atoms with van der Waals surface area (Å²) in [5.41, 5.74) is 0.742. The molecule has 1 saturated heterocycles. The van der Waals surface area contributed by atoms with Gasteiger partial charge in [0.15, 0.2) is 5.69 Å². The number of nitrogens with zero attached hydrogens (tertiary/aromatic N) is 3. The summed E-state index contributed by atoms with van der Waals surface area (Å²) in [6, 6.07) is 7.46. The van der Waals surface area contributed by atoms with Crippen LogP contribution in [0.2, 0.25) is 0 Å². The summed E-state index contributed by atoms with van der Waals surface area (Å²) in [6.45, 7) is 0.719. The van der Waals surface area contributed by atoms with Crippen molar-refractivity contribution in [3.05, 3.63) is 48.0 Å². The molecule has 7 heteroatoms. The lowest BCUT2D eigenvalue weighted by Crippen LogP contribution is -2.42. The van der Waals surface area contributed by atoms with Gasteiger partial charge in [0.25, 0.3) is 5.91 Å². The smallest absolute Gasteiger partial charge is 0.308 e. The number of aliphatic carboxylic acids is 1. The Morgan fingerprint density at radius 3 is 2.87 bits per heavy atom. The maximum Gasteiger partial charge on any atom is 0.308 e. The van der Waals surface area contributed by atoms with Gasteiger partial charge in [0, 0.05) is 19.3 Å². The van der Waals surface area contributed by atoms with Crippen LogP contribution in [0.3, 0.4) is 0 Å². The number of amides is 1. The molecule has 1 aromatic carbocycles. The molecule has 0 radical (unpaired) electrons. The van der Waals surface area contributed by atoms with E-state index < -0.39 is 11.9 Å². The average molecular weight is 317 g/mol. The Hall–Kier alpha value is -2.70. The van der Waals surface area contributed by atoms with Gasteiger partial charge in [-0.25, -0.2) is 9.07 Å². The van der Waals surface area contributed by atoms with Crippen molar-refractivity contribution in [3.63, 3.8) is 0 Å². The lowest BCUT2D eigenvalue weighted by Gasteiger charge is -2.30. The molecule has 1 aliphatic heterocycles. The molecule has 1 aliphatic rings. The molecule has 1 atom stereocenters. The number of likely N-dealkylation sites (tertiary alicyclic amines) is 1. The van der Waals surface area contributed by atoms with Crippen LogP contribution < -0.4 is 0 Å². The largest absolute Gasteiger partial charge is 0.481 e. The fraction of sp³-hybridized carbons (Fsp3) is 0.312. The molecule has 2 heterocycles.